The van der Waals surface area contributed by atoms with Gasteiger partial charge in [-0.25, -0.2) is 9.78 Å². The number of imidazole rings is 1. The minimum absolute atomic E-state index is 0.150. The molecule has 1 saturated heterocycles. The Balaban J connectivity index is 1.91. The molecular formula is C17H20N6O4. The van der Waals surface area contributed by atoms with E-state index in [0.29, 0.717) is 38.3 Å². The fraction of sp³-hybridized carbons (Fsp3) is 0.353. The zero-order valence-electron chi connectivity index (χ0n) is 14.9. The molecule has 0 unspecified atom stereocenters. The zero-order chi connectivity index (χ0) is 19.6. The summed E-state index contributed by atoms with van der Waals surface area (Å²) in [7, 11) is 1.69. The van der Waals surface area contributed by atoms with Crippen LogP contribution in [0.4, 0.5) is 16.2 Å². The third-order valence-corrected chi connectivity index (χ3v) is 4.61. The van der Waals surface area contributed by atoms with Crippen molar-refractivity contribution in [1.29, 1.82) is 0 Å². The van der Waals surface area contributed by atoms with Crippen LogP contribution in [0.2, 0.25) is 0 Å². The van der Waals surface area contributed by atoms with Crippen LogP contribution in [0.5, 0.6) is 0 Å². The molecule has 1 aliphatic heterocycles. The van der Waals surface area contributed by atoms with Gasteiger partial charge in [0.1, 0.15) is 5.69 Å². The molecule has 2 heterocycles. The quantitative estimate of drug-likeness (QED) is 0.487. The largest absolute Gasteiger partial charge is 0.364 e. The van der Waals surface area contributed by atoms with Crippen LogP contribution >= 0.6 is 0 Å². The van der Waals surface area contributed by atoms with Crippen LogP contribution in [-0.2, 0) is 7.05 Å². The Kier molecular flexibility index (Phi) is 5.06. The number of ketones is 1. The molecule has 0 aliphatic carbocycles. The van der Waals surface area contributed by atoms with Gasteiger partial charge in [0.05, 0.1) is 4.92 Å². The summed E-state index contributed by atoms with van der Waals surface area (Å²) in [6.45, 7) is 1.88. The number of nitro groups is 1. The first-order chi connectivity index (χ1) is 12.9. The first kappa shape index (κ1) is 18.4. The number of amides is 2. The normalized spacial score (nSPS) is 14.7. The fourth-order valence-electron chi connectivity index (χ4n) is 3.17. The summed E-state index contributed by atoms with van der Waals surface area (Å²) in [4.78, 5) is 42.4. The third kappa shape index (κ3) is 3.73. The number of aryl methyl sites for hydroxylation is 1. The van der Waals surface area contributed by atoms with E-state index in [9.17, 15) is 19.7 Å². The van der Waals surface area contributed by atoms with E-state index in [1.54, 1.807) is 29.9 Å². The number of rotatable bonds is 4. The van der Waals surface area contributed by atoms with Crippen LogP contribution in [0, 0.1) is 10.1 Å². The molecule has 1 aliphatic rings. The zero-order valence-corrected chi connectivity index (χ0v) is 14.9. The van der Waals surface area contributed by atoms with Crippen molar-refractivity contribution in [2.75, 3.05) is 31.1 Å². The number of nitrogens with zero attached hydrogens (tertiary/aromatic N) is 5. The lowest BCUT2D eigenvalue weighted by molar-refractivity contribution is -0.384. The van der Waals surface area contributed by atoms with E-state index in [1.165, 1.54) is 17.2 Å². The summed E-state index contributed by atoms with van der Waals surface area (Å²) < 4.78 is 1.56. The van der Waals surface area contributed by atoms with E-state index >= 15 is 0 Å². The topological polar surface area (TPSA) is 128 Å². The maximum atomic E-state index is 12.6. The Morgan fingerprint density at radius 3 is 2.63 bits per heavy atom. The summed E-state index contributed by atoms with van der Waals surface area (Å²) >= 11 is 0. The molecular weight excluding hydrogens is 352 g/mol. The standard InChI is InChI=1S/C17H20N6O4/c1-20-8-5-19-16(20)15(24)12-3-4-13(14(11-12)23(26)27)21-6-2-7-22(10-9-21)17(18)25/h3-5,8,11H,2,6-7,9-10H2,1H3,(H2,18,25). The van der Waals surface area contributed by atoms with E-state index in [4.69, 9.17) is 5.73 Å². The van der Waals surface area contributed by atoms with Crippen LogP contribution in [0.1, 0.15) is 22.6 Å². The second-order valence-electron chi connectivity index (χ2n) is 6.32. The minimum atomic E-state index is -0.499. The van der Waals surface area contributed by atoms with E-state index in [-0.39, 0.29) is 22.9 Å². The van der Waals surface area contributed by atoms with Crippen molar-refractivity contribution >= 4 is 23.2 Å². The molecule has 2 amide bonds. The number of hydrogen-bond acceptors (Lipinski definition) is 6. The molecule has 0 radical (unpaired) electrons. The van der Waals surface area contributed by atoms with Crippen molar-refractivity contribution < 1.29 is 14.5 Å². The smallest absolute Gasteiger partial charge is 0.314 e. The second kappa shape index (κ2) is 7.44. The molecule has 1 aromatic heterocycles. The number of nitro benzene ring substituents is 1. The molecule has 10 heteroatoms. The average molecular weight is 372 g/mol. The molecule has 0 spiro atoms. The van der Waals surface area contributed by atoms with Crippen LogP contribution in [-0.4, -0.2) is 57.4 Å². The van der Waals surface area contributed by atoms with Crippen molar-refractivity contribution in [3.63, 3.8) is 0 Å². The molecule has 2 aromatic rings. The van der Waals surface area contributed by atoms with Gasteiger partial charge in [-0.05, 0) is 18.6 Å². The Morgan fingerprint density at radius 2 is 2.00 bits per heavy atom. The van der Waals surface area contributed by atoms with Gasteiger partial charge in [0.15, 0.2) is 5.82 Å². The molecule has 10 nitrogen and oxygen atoms in total. The van der Waals surface area contributed by atoms with Gasteiger partial charge < -0.3 is 20.1 Å². The number of hydrogen-bond donors (Lipinski definition) is 1. The van der Waals surface area contributed by atoms with Crippen LogP contribution in [0.15, 0.2) is 30.6 Å². The summed E-state index contributed by atoms with van der Waals surface area (Å²) in [6.07, 6.45) is 3.78. The van der Waals surface area contributed by atoms with Gasteiger partial charge >= 0.3 is 6.03 Å². The maximum Gasteiger partial charge on any atom is 0.314 e. The van der Waals surface area contributed by atoms with Gasteiger partial charge in [-0.15, -0.1) is 0 Å². The van der Waals surface area contributed by atoms with Gasteiger partial charge in [0, 0.05) is 57.3 Å². The van der Waals surface area contributed by atoms with Crippen molar-refractivity contribution in [2.24, 2.45) is 12.8 Å². The van der Waals surface area contributed by atoms with Gasteiger partial charge in [0.2, 0.25) is 5.78 Å². The first-order valence-electron chi connectivity index (χ1n) is 8.48. The summed E-state index contributed by atoms with van der Waals surface area (Å²) in [5.74, 6) is -0.170. The number of nitrogens with two attached hydrogens (primary N) is 1. The predicted molar refractivity (Wildman–Crippen MR) is 97.7 cm³/mol. The van der Waals surface area contributed by atoms with Crippen molar-refractivity contribution in [2.45, 2.75) is 6.42 Å². The Bertz CT molecular complexity index is 893. The number of aromatic nitrogens is 2. The number of urea groups is 1. The second-order valence-corrected chi connectivity index (χ2v) is 6.32. The van der Waals surface area contributed by atoms with Gasteiger partial charge in [-0.1, -0.05) is 0 Å². The summed E-state index contributed by atoms with van der Waals surface area (Å²) in [5, 5.41) is 11.6. The molecule has 2 N–H and O–H groups in total. The highest BCUT2D eigenvalue weighted by atomic mass is 16.6. The number of anilines is 1. The van der Waals surface area contributed by atoms with E-state index in [1.807, 2.05) is 4.90 Å². The SMILES string of the molecule is Cn1ccnc1C(=O)c1ccc(N2CCCN(C(N)=O)CC2)c([N+](=O)[O-])c1. The van der Waals surface area contributed by atoms with Crippen LogP contribution in [0.25, 0.3) is 0 Å². The lowest BCUT2D eigenvalue weighted by atomic mass is 10.1. The molecule has 0 atom stereocenters. The predicted octanol–water partition coefficient (Wildman–Crippen LogP) is 1.15. The van der Waals surface area contributed by atoms with E-state index < -0.39 is 11.0 Å². The fourth-order valence-corrected chi connectivity index (χ4v) is 3.17. The Labute approximate surface area is 155 Å². The van der Waals surface area contributed by atoms with Gasteiger partial charge in [-0.3, -0.25) is 14.9 Å². The highest BCUT2D eigenvalue weighted by molar-refractivity contribution is 6.07. The molecule has 142 valence electrons. The number of carbonyl (C=O) groups excluding carboxylic acids is 2. The van der Waals surface area contributed by atoms with Crippen molar-refractivity contribution in [3.05, 3.63) is 52.1 Å². The van der Waals surface area contributed by atoms with Crippen molar-refractivity contribution in [3.8, 4) is 0 Å². The summed E-state index contributed by atoms with van der Waals surface area (Å²) in [5.41, 5.74) is 5.80. The highest BCUT2D eigenvalue weighted by Gasteiger charge is 2.25. The van der Waals surface area contributed by atoms with Crippen molar-refractivity contribution in [1.82, 2.24) is 14.5 Å². The number of benzene rings is 1. The van der Waals surface area contributed by atoms with Crippen LogP contribution in [0.3, 0.4) is 0 Å². The molecule has 0 bridgehead atoms. The first-order valence-corrected chi connectivity index (χ1v) is 8.48. The van der Waals surface area contributed by atoms with Crippen LogP contribution < -0.4 is 10.6 Å². The number of primary amides is 1. The van der Waals surface area contributed by atoms with E-state index in [2.05, 4.69) is 4.98 Å². The van der Waals surface area contributed by atoms with Gasteiger partial charge in [-0.2, -0.15) is 0 Å². The number of carbonyl (C=O) groups is 2. The van der Waals surface area contributed by atoms with Gasteiger partial charge in [0.25, 0.3) is 5.69 Å². The summed E-state index contributed by atoms with van der Waals surface area (Å²) in [6, 6.07) is 3.93. The molecule has 27 heavy (non-hydrogen) atoms. The minimum Gasteiger partial charge on any atom is -0.364 e. The van der Waals surface area contributed by atoms with E-state index in [0.717, 1.165) is 0 Å². The molecule has 1 aromatic carbocycles. The highest BCUT2D eigenvalue weighted by Crippen LogP contribution is 2.30. The molecule has 0 saturated carbocycles. The lowest BCUT2D eigenvalue weighted by Crippen LogP contribution is -2.38. The lowest BCUT2D eigenvalue weighted by Gasteiger charge is -2.23. The maximum absolute atomic E-state index is 12.6. The monoisotopic (exact) mass is 372 g/mol. The molecule has 3 rings (SSSR count). The Morgan fingerprint density at radius 1 is 1.22 bits per heavy atom. The Hall–Kier alpha value is -3.43. The average Bonchev–Trinajstić information content (AvgIpc) is 2.92. The third-order valence-electron chi connectivity index (χ3n) is 4.61. The molecule has 1 fully saturated rings.